The molecule has 2 heterocycles. The van der Waals surface area contributed by atoms with Gasteiger partial charge in [0.2, 0.25) is 0 Å². The third-order valence-electron chi connectivity index (χ3n) is 4.27. The molecule has 3 aliphatic rings. The van der Waals surface area contributed by atoms with Gasteiger partial charge in [-0.05, 0) is 25.2 Å². The van der Waals surface area contributed by atoms with Gasteiger partial charge in [-0.25, -0.2) is 0 Å². The Morgan fingerprint density at radius 1 is 1.38 bits per heavy atom. The Kier molecular flexibility index (Phi) is 1.97. The monoisotopic (exact) mass is 217 g/mol. The highest BCUT2D eigenvalue weighted by Gasteiger charge is 2.50. The lowest BCUT2D eigenvalue weighted by atomic mass is 9.84. The predicted molar refractivity (Wildman–Crippen MR) is 59.0 cm³/mol. The maximum atomic E-state index is 9.95. The lowest BCUT2D eigenvalue weighted by Gasteiger charge is -2.32. The zero-order valence-corrected chi connectivity index (χ0v) is 9.11. The molecule has 84 valence electrons. The van der Waals surface area contributed by atoms with Crippen molar-refractivity contribution in [3.63, 3.8) is 0 Å². The molecule has 0 aromatic rings. The van der Waals surface area contributed by atoms with Gasteiger partial charge >= 0.3 is 0 Å². The van der Waals surface area contributed by atoms with Crippen LogP contribution in [0.15, 0.2) is 11.3 Å². The molecule has 0 radical (unpaired) electrons. The predicted octanol–water partition coefficient (Wildman–Crippen LogP) is 1.95. The van der Waals surface area contributed by atoms with E-state index in [1.807, 2.05) is 11.0 Å². The average molecular weight is 217 g/mol. The van der Waals surface area contributed by atoms with Crippen LogP contribution in [-0.4, -0.2) is 27.9 Å². The van der Waals surface area contributed by atoms with E-state index in [4.69, 9.17) is 10.7 Å². The van der Waals surface area contributed by atoms with Crippen LogP contribution in [0, 0.1) is 22.7 Å². The molecule has 1 saturated heterocycles. The Bertz CT molecular complexity index is 420. The zero-order valence-electron chi connectivity index (χ0n) is 9.11. The average Bonchev–Trinajstić information content (AvgIpc) is 2.77. The number of nitrogens with one attached hydrogen (secondary N) is 1. The quantitative estimate of drug-likeness (QED) is 0.651. The lowest BCUT2D eigenvalue weighted by Crippen LogP contribution is -2.39. The highest BCUT2D eigenvalue weighted by atomic mass is 16.3. The van der Waals surface area contributed by atoms with Crippen molar-refractivity contribution >= 4 is 5.84 Å². The molecule has 4 nitrogen and oxygen atoms in total. The van der Waals surface area contributed by atoms with Crippen molar-refractivity contribution in [1.82, 2.24) is 4.90 Å². The van der Waals surface area contributed by atoms with Crippen LogP contribution in [0.4, 0.5) is 0 Å². The van der Waals surface area contributed by atoms with Crippen LogP contribution in [0.25, 0.3) is 0 Å². The Labute approximate surface area is 94.7 Å². The van der Waals surface area contributed by atoms with Gasteiger partial charge in [-0.3, -0.25) is 5.41 Å². The molecule has 0 unspecified atom stereocenters. The standard InChI is InChI=1S/C12H15N3O/c13-6-8-11(16)10-5-7-3-1-2-4-9(7)15(10)12(8)14/h7,9-10,14,16H,1-5H2/t7-,9-,10+/m0/s1. The number of rotatable bonds is 0. The topological polar surface area (TPSA) is 71.1 Å². The van der Waals surface area contributed by atoms with E-state index in [0.717, 1.165) is 12.8 Å². The number of nitriles is 1. The van der Waals surface area contributed by atoms with E-state index in [2.05, 4.69) is 0 Å². The largest absolute Gasteiger partial charge is 0.509 e. The maximum absolute atomic E-state index is 9.95. The fourth-order valence-electron chi connectivity index (χ4n) is 3.55. The van der Waals surface area contributed by atoms with Crippen molar-refractivity contribution in [2.75, 3.05) is 0 Å². The third-order valence-corrected chi connectivity index (χ3v) is 4.27. The molecular formula is C12H15N3O. The van der Waals surface area contributed by atoms with Gasteiger partial charge in [-0.1, -0.05) is 12.8 Å². The SMILES string of the molecule is N#CC1=C(O)[C@H]2C[C@@H]3CCCC[C@@H]3N2C1=N. The van der Waals surface area contributed by atoms with Gasteiger partial charge in [0.15, 0.2) is 0 Å². The van der Waals surface area contributed by atoms with Crippen molar-refractivity contribution in [1.29, 1.82) is 10.7 Å². The molecule has 0 spiro atoms. The van der Waals surface area contributed by atoms with Crippen molar-refractivity contribution in [2.45, 2.75) is 44.2 Å². The molecular weight excluding hydrogens is 202 g/mol. The summed E-state index contributed by atoms with van der Waals surface area (Å²) in [6.07, 6.45) is 5.71. The number of aliphatic hydroxyl groups excluding tert-OH is 1. The second-order valence-electron chi connectivity index (χ2n) is 4.99. The molecule has 1 saturated carbocycles. The highest BCUT2D eigenvalue weighted by Crippen LogP contribution is 2.45. The van der Waals surface area contributed by atoms with Crippen LogP contribution in [-0.2, 0) is 0 Å². The molecule has 4 heteroatoms. The number of fused-ring (bicyclic) bond motifs is 3. The molecule has 3 atom stereocenters. The first-order valence-corrected chi connectivity index (χ1v) is 5.94. The van der Waals surface area contributed by atoms with Crippen molar-refractivity contribution in [3.05, 3.63) is 11.3 Å². The van der Waals surface area contributed by atoms with Gasteiger partial charge in [0.25, 0.3) is 0 Å². The van der Waals surface area contributed by atoms with Crippen molar-refractivity contribution < 1.29 is 5.11 Å². The smallest absolute Gasteiger partial charge is 0.143 e. The molecule has 3 rings (SSSR count). The highest BCUT2D eigenvalue weighted by molar-refractivity contribution is 6.03. The molecule has 0 aromatic carbocycles. The summed E-state index contributed by atoms with van der Waals surface area (Å²) in [4.78, 5) is 1.98. The Balaban J connectivity index is 1.96. The summed E-state index contributed by atoms with van der Waals surface area (Å²) >= 11 is 0. The summed E-state index contributed by atoms with van der Waals surface area (Å²) in [5, 5.41) is 26.8. The summed E-state index contributed by atoms with van der Waals surface area (Å²) in [6, 6.07) is 2.27. The van der Waals surface area contributed by atoms with Crippen LogP contribution in [0.5, 0.6) is 0 Å². The first-order valence-electron chi connectivity index (χ1n) is 5.94. The van der Waals surface area contributed by atoms with Gasteiger partial charge < -0.3 is 10.0 Å². The molecule has 16 heavy (non-hydrogen) atoms. The normalized spacial score (nSPS) is 37.3. The summed E-state index contributed by atoms with van der Waals surface area (Å²) < 4.78 is 0. The maximum Gasteiger partial charge on any atom is 0.143 e. The van der Waals surface area contributed by atoms with Gasteiger partial charge in [0, 0.05) is 6.04 Å². The first-order chi connectivity index (χ1) is 7.74. The zero-order chi connectivity index (χ0) is 11.3. The fraction of sp³-hybridized carbons (Fsp3) is 0.667. The second kappa shape index (κ2) is 3.24. The van der Waals surface area contributed by atoms with Crippen molar-refractivity contribution in [2.24, 2.45) is 5.92 Å². The minimum atomic E-state index is -0.0738. The third kappa shape index (κ3) is 1.06. The van der Waals surface area contributed by atoms with E-state index in [1.54, 1.807) is 0 Å². The molecule has 0 aromatic heterocycles. The number of hydrogen-bond donors (Lipinski definition) is 2. The van der Waals surface area contributed by atoms with Crippen molar-refractivity contribution in [3.8, 4) is 6.07 Å². The Morgan fingerprint density at radius 2 is 2.12 bits per heavy atom. The van der Waals surface area contributed by atoms with Crippen LogP contribution in [0.1, 0.15) is 32.1 Å². The minimum Gasteiger partial charge on any atom is -0.509 e. The van der Waals surface area contributed by atoms with Crippen LogP contribution in [0.2, 0.25) is 0 Å². The second-order valence-corrected chi connectivity index (χ2v) is 4.99. The summed E-state index contributed by atoms with van der Waals surface area (Å²) in [6.45, 7) is 0. The summed E-state index contributed by atoms with van der Waals surface area (Å²) in [5.41, 5.74) is 0.189. The van der Waals surface area contributed by atoms with Crippen LogP contribution >= 0.6 is 0 Å². The van der Waals surface area contributed by atoms with E-state index in [9.17, 15) is 5.11 Å². The van der Waals surface area contributed by atoms with Gasteiger partial charge in [-0.2, -0.15) is 5.26 Å². The van der Waals surface area contributed by atoms with E-state index in [1.165, 1.54) is 19.3 Å². The van der Waals surface area contributed by atoms with E-state index < -0.39 is 0 Å². The minimum absolute atomic E-state index is 0.0738. The molecule has 1 aliphatic carbocycles. The first kappa shape index (κ1) is 9.71. The molecule has 2 N–H and O–H groups in total. The lowest BCUT2D eigenvalue weighted by molar-refractivity contribution is 0.233. The van der Waals surface area contributed by atoms with Gasteiger partial charge in [-0.15, -0.1) is 0 Å². The van der Waals surface area contributed by atoms with Crippen LogP contribution < -0.4 is 0 Å². The van der Waals surface area contributed by atoms with E-state index in [0.29, 0.717) is 12.0 Å². The van der Waals surface area contributed by atoms with E-state index >= 15 is 0 Å². The van der Waals surface area contributed by atoms with E-state index in [-0.39, 0.29) is 23.2 Å². The van der Waals surface area contributed by atoms with Crippen LogP contribution in [0.3, 0.4) is 0 Å². The number of aliphatic hydroxyl groups is 1. The molecule has 2 aliphatic heterocycles. The molecule has 0 amide bonds. The fourth-order valence-corrected chi connectivity index (χ4v) is 3.55. The van der Waals surface area contributed by atoms with Gasteiger partial charge in [0.1, 0.15) is 23.2 Å². The Hall–Kier alpha value is -1.50. The van der Waals surface area contributed by atoms with Gasteiger partial charge in [0.05, 0.1) is 6.04 Å². The number of nitrogens with zero attached hydrogens (tertiary/aromatic N) is 2. The molecule has 2 fully saturated rings. The molecule has 0 bridgehead atoms. The summed E-state index contributed by atoms with van der Waals surface area (Å²) in [7, 11) is 0. The summed E-state index contributed by atoms with van der Waals surface area (Å²) in [5.74, 6) is 1.00. The number of hydrogen-bond acceptors (Lipinski definition) is 3. The number of amidine groups is 1. The Morgan fingerprint density at radius 3 is 2.88 bits per heavy atom.